The fraction of sp³-hybridized carbons (Fsp3) is 0.696. The first-order valence-electron chi connectivity index (χ1n) is 10.7. The SMILES string of the molecule is COCCN(C[C@@H]1CN(C[C@H](O)COC(C)(C)C)CCO1)C(=O)c1ccc(C)cc1. The van der Waals surface area contributed by atoms with Gasteiger partial charge in [-0.25, -0.2) is 0 Å². The topological polar surface area (TPSA) is 71.5 Å². The highest BCUT2D eigenvalue weighted by atomic mass is 16.5. The summed E-state index contributed by atoms with van der Waals surface area (Å²) in [5, 5.41) is 10.3. The monoisotopic (exact) mass is 422 g/mol. The molecule has 2 atom stereocenters. The average molecular weight is 423 g/mol. The summed E-state index contributed by atoms with van der Waals surface area (Å²) in [6.07, 6.45) is -0.664. The summed E-state index contributed by atoms with van der Waals surface area (Å²) >= 11 is 0. The Balaban J connectivity index is 1.93. The van der Waals surface area contributed by atoms with Crippen molar-refractivity contribution in [3.8, 4) is 0 Å². The number of aliphatic hydroxyl groups is 1. The number of hydrogen-bond donors (Lipinski definition) is 1. The fourth-order valence-electron chi connectivity index (χ4n) is 3.36. The predicted molar refractivity (Wildman–Crippen MR) is 117 cm³/mol. The zero-order valence-corrected chi connectivity index (χ0v) is 19.1. The van der Waals surface area contributed by atoms with Gasteiger partial charge in [0.05, 0.1) is 37.6 Å². The minimum absolute atomic E-state index is 0.0219. The van der Waals surface area contributed by atoms with E-state index in [0.29, 0.717) is 51.6 Å². The number of carbonyl (C=O) groups is 1. The molecule has 0 spiro atoms. The van der Waals surface area contributed by atoms with Crippen LogP contribution in [0.5, 0.6) is 0 Å². The summed E-state index contributed by atoms with van der Waals surface area (Å²) in [5.74, 6) is -0.0219. The summed E-state index contributed by atoms with van der Waals surface area (Å²) < 4.78 is 16.8. The van der Waals surface area contributed by atoms with Crippen LogP contribution >= 0.6 is 0 Å². The quantitative estimate of drug-likeness (QED) is 0.622. The van der Waals surface area contributed by atoms with E-state index in [4.69, 9.17) is 14.2 Å². The third-order valence-electron chi connectivity index (χ3n) is 4.98. The van der Waals surface area contributed by atoms with Crippen LogP contribution in [0.1, 0.15) is 36.7 Å². The molecule has 1 aliphatic rings. The Kier molecular flexibility index (Phi) is 9.71. The van der Waals surface area contributed by atoms with Gasteiger partial charge in [-0.15, -0.1) is 0 Å². The molecule has 1 aliphatic heterocycles. The maximum Gasteiger partial charge on any atom is 0.254 e. The zero-order chi connectivity index (χ0) is 22.1. The van der Waals surface area contributed by atoms with Gasteiger partial charge < -0.3 is 24.2 Å². The molecule has 1 heterocycles. The lowest BCUT2D eigenvalue weighted by Crippen LogP contribution is -2.51. The summed E-state index contributed by atoms with van der Waals surface area (Å²) in [7, 11) is 1.63. The average Bonchev–Trinajstić information content (AvgIpc) is 2.69. The molecule has 1 aromatic carbocycles. The number of methoxy groups -OCH3 is 1. The van der Waals surface area contributed by atoms with Crippen LogP contribution in [0.25, 0.3) is 0 Å². The second kappa shape index (κ2) is 11.8. The molecular weight excluding hydrogens is 384 g/mol. The number of rotatable bonds is 10. The van der Waals surface area contributed by atoms with E-state index in [1.165, 1.54) is 0 Å². The predicted octanol–water partition coefficient (Wildman–Crippen LogP) is 1.96. The van der Waals surface area contributed by atoms with Gasteiger partial charge in [0.2, 0.25) is 0 Å². The molecule has 1 N–H and O–H groups in total. The lowest BCUT2D eigenvalue weighted by Gasteiger charge is -2.36. The van der Waals surface area contributed by atoms with E-state index in [2.05, 4.69) is 4.90 Å². The van der Waals surface area contributed by atoms with Crippen LogP contribution in [0, 0.1) is 6.92 Å². The molecule has 2 rings (SSSR count). The van der Waals surface area contributed by atoms with Gasteiger partial charge in [-0.2, -0.15) is 0 Å². The first kappa shape index (κ1) is 24.8. The van der Waals surface area contributed by atoms with Crippen molar-refractivity contribution in [2.24, 2.45) is 0 Å². The van der Waals surface area contributed by atoms with Gasteiger partial charge in [-0.1, -0.05) is 17.7 Å². The second-order valence-corrected chi connectivity index (χ2v) is 8.94. The number of aliphatic hydroxyl groups excluding tert-OH is 1. The van der Waals surface area contributed by atoms with Crippen LogP contribution in [0.2, 0.25) is 0 Å². The molecule has 170 valence electrons. The zero-order valence-electron chi connectivity index (χ0n) is 19.1. The molecule has 0 bridgehead atoms. The maximum absolute atomic E-state index is 13.0. The minimum Gasteiger partial charge on any atom is -0.389 e. The molecule has 0 radical (unpaired) electrons. The summed E-state index contributed by atoms with van der Waals surface area (Å²) in [6, 6.07) is 7.61. The number of amides is 1. The highest BCUT2D eigenvalue weighted by molar-refractivity contribution is 5.94. The minimum atomic E-state index is -0.554. The number of benzene rings is 1. The Labute approximate surface area is 180 Å². The number of morpholine rings is 1. The number of carbonyl (C=O) groups excluding carboxylic acids is 1. The van der Waals surface area contributed by atoms with E-state index in [1.54, 1.807) is 12.0 Å². The van der Waals surface area contributed by atoms with Crippen LogP contribution in [0.15, 0.2) is 24.3 Å². The van der Waals surface area contributed by atoms with Crippen molar-refractivity contribution in [3.63, 3.8) is 0 Å². The van der Waals surface area contributed by atoms with Gasteiger partial charge in [-0.05, 0) is 39.8 Å². The van der Waals surface area contributed by atoms with Gasteiger partial charge in [0.15, 0.2) is 0 Å². The Morgan fingerprint density at radius 1 is 1.33 bits per heavy atom. The van der Waals surface area contributed by atoms with E-state index >= 15 is 0 Å². The second-order valence-electron chi connectivity index (χ2n) is 8.94. The number of hydrogen-bond acceptors (Lipinski definition) is 6. The number of nitrogens with zero attached hydrogens (tertiary/aromatic N) is 2. The van der Waals surface area contributed by atoms with Gasteiger partial charge in [0.25, 0.3) is 5.91 Å². The highest BCUT2D eigenvalue weighted by Crippen LogP contribution is 2.13. The molecule has 1 fully saturated rings. The lowest BCUT2D eigenvalue weighted by atomic mass is 10.1. The van der Waals surface area contributed by atoms with Crippen molar-refractivity contribution in [2.45, 2.75) is 45.5 Å². The molecule has 1 aromatic rings. The van der Waals surface area contributed by atoms with Crippen molar-refractivity contribution in [2.75, 3.05) is 59.7 Å². The number of aryl methyl sites for hydroxylation is 1. The molecule has 1 amide bonds. The van der Waals surface area contributed by atoms with E-state index < -0.39 is 6.10 Å². The van der Waals surface area contributed by atoms with E-state index in [9.17, 15) is 9.90 Å². The van der Waals surface area contributed by atoms with Gasteiger partial charge in [-0.3, -0.25) is 9.69 Å². The third kappa shape index (κ3) is 8.70. The summed E-state index contributed by atoms with van der Waals surface area (Å²) in [4.78, 5) is 17.0. The molecule has 7 heteroatoms. The molecule has 0 aromatic heterocycles. The van der Waals surface area contributed by atoms with Crippen molar-refractivity contribution in [1.82, 2.24) is 9.80 Å². The maximum atomic E-state index is 13.0. The smallest absolute Gasteiger partial charge is 0.254 e. The molecule has 7 nitrogen and oxygen atoms in total. The van der Waals surface area contributed by atoms with Crippen LogP contribution in [0.4, 0.5) is 0 Å². The fourth-order valence-corrected chi connectivity index (χ4v) is 3.36. The molecular formula is C23H38N2O5. The first-order chi connectivity index (χ1) is 14.2. The first-order valence-corrected chi connectivity index (χ1v) is 10.7. The lowest BCUT2D eigenvalue weighted by molar-refractivity contribution is -0.0784. The van der Waals surface area contributed by atoms with Gasteiger partial charge in [0, 0.05) is 45.4 Å². The number of β-amino-alcohol motifs (C(OH)–C–C–N with tert-alkyl or cyclic N) is 1. The van der Waals surface area contributed by atoms with Crippen LogP contribution in [0.3, 0.4) is 0 Å². The summed E-state index contributed by atoms with van der Waals surface area (Å²) in [5.41, 5.74) is 1.52. The number of ether oxygens (including phenoxy) is 3. The van der Waals surface area contributed by atoms with Crippen molar-refractivity contribution >= 4 is 5.91 Å². The molecule has 30 heavy (non-hydrogen) atoms. The van der Waals surface area contributed by atoms with Gasteiger partial charge >= 0.3 is 0 Å². The Hall–Kier alpha value is -1.51. The van der Waals surface area contributed by atoms with Crippen LogP contribution < -0.4 is 0 Å². The van der Waals surface area contributed by atoms with Crippen molar-refractivity contribution < 1.29 is 24.1 Å². The Bertz CT molecular complexity index is 644. The highest BCUT2D eigenvalue weighted by Gasteiger charge is 2.27. The Morgan fingerprint density at radius 3 is 2.67 bits per heavy atom. The Morgan fingerprint density at radius 2 is 2.03 bits per heavy atom. The van der Waals surface area contributed by atoms with Crippen LogP contribution in [-0.4, -0.2) is 98.3 Å². The normalized spacial score (nSPS) is 18.9. The van der Waals surface area contributed by atoms with Gasteiger partial charge in [0.1, 0.15) is 0 Å². The third-order valence-corrected chi connectivity index (χ3v) is 4.98. The molecule has 0 aliphatic carbocycles. The van der Waals surface area contributed by atoms with Crippen molar-refractivity contribution in [3.05, 3.63) is 35.4 Å². The summed E-state index contributed by atoms with van der Waals surface area (Å²) in [6.45, 7) is 12.2. The largest absolute Gasteiger partial charge is 0.389 e. The van der Waals surface area contributed by atoms with E-state index in [1.807, 2.05) is 52.0 Å². The standard InChI is InChI=1S/C23H38N2O5/c1-18-6-8-19(9-7-18)22(27)25(11-12-28-5)16-21-15-24(10-13-29-21)14-20(26)17-30-23(2,3)4/h6-9,20-21,26H,10-17H2,1-5H3/t20-,21-/m0/s1. The molecule has 1 saturated heterocycles. The van der Waals surface area contributed by atoms with Crippen molar-refractivity contribution in [1.29, 1.82) is 0 Å². The van der Waals surface area contributed by atoms with Crippen LogP contribution in [-0.2, 0) is 14.2 Å². The van der Waals surface area contributed by atoms with E-state index in [0.717, 1.165) is 12.1 Å². The molecule has 0 saturated carbocycles. The van der Waals surface area contributed by atoms with E-state index in [-0.39, 0.29) is 17.6 Å². The molecule has 0 unspecified atom stereocenters.